The molecule has 116 valence electrons. The summed E-state index contributed by atoms with van der Waals surface area (Å²) in [4.78, 5) is 26.2. The number of halogens is 1. The number of nitrogens with one attached hydrogen (secondary N) is 1. The molecular weight excluding hydrogens is 354 g/mol. The van der Waals surface area contributed by atoms with Crippen LogP contribution < -0.4 is 16.8 Å². The maximum atomic E-state index is 11.7. The average Bonchev–Trinajstić information content (AvgIpc) is 3.03. The second-order valence-corrected chi connectivity index (χ2v) is 6.37. The standard InChI is InChI=1S/C13H14BrN5O3/c14-7-4-17-12(15)11(19(21)22)10(7)18-9-6-2-1-5(3-6)8(9)13(16)20/h1-2,4-6,8-9H,3H2,(H2,16,20)(H3,15,17,18)/t5-,6+,8+,9-/m1/s1. The van der Waals surface area contributed by atoms with E-state index in [0.29, 0.717) is 4.47 Å². The molecule has 0 aliphatic heterocycles. The molecule has 1 aromatic heterocycles. The Kier molecular flexibility index (Phi) is 3.51. The molecule has 0 aromatic carbocycles. The van der Waals surface area contributed by atoms with E-state index < -0.39 is 16.7 Å². The van der Waals surface area contributed by atoms with Gasteiger partial charge in [0.25, 0.3) is 0 Å². The van der Waals surface area contributed by atoms with E-state index in [1.54, 1.807) is 0 Å². The molecule has 0 spiro atoms. The van der Waals surface area contributed by atoms with E-state index >= 15 is 0 Å². The van der Waals surface area contributed by atoms with E-state index in [1.807, 2.05) is 12.2 Å². The van der Waals surface area contributed by atoms with Crippen LogP contribution in [0, 0.1) is 27.9 Å². The number of nitrogen functional groups attached to an aromatic ring is 1. The number of primary amides is 1. The molecule has 0 radical (unpaired) electrons. The third-order valence-electron chi connectivity index (χ3n) is 4.32. The first-order chi connectivity index (χ1) is 10.4. The number of carbonyl (C=O) groups is 1. The highest BCUT2D eigenvalue weighted by Gasteiger charge is 2.48. The van der Waals surface area contributed by atoms with Crippen molar-refractivity contribution in [2.75, 3.05) is 11.1 Å². The van der Waals surface area contributed by atoms with E-state index in [9.17, 15) is 14.9 Å². The van der Waals surface area contributed by atoms with Gasteiger partial charge >= 0.3 is 5.69 Å². The number of hydrogen-bond donors (Lipinski definition) is 3. The van der Waals surface area contributed by atoms with Gasteiger partial charge in [0.05, 0.1) is 15.3 Å². The summed E-state index contributed by atoms with van der Waals surface area (Å²) in [7, 11) is 0. The van der Waals surface area contributed by atoms with Crippen LogP contribution in [-0.4, -0.2) is 21.9 Å². The number of carbonyl (C=O) groups excluding carboxylic acids is 1. The van der Waals surface area contributed by atoms with Crippen molar-refractivity contribution in [1.29, 1.82) is 0 Å². The Bertz CT molecular complexity index is 692. The third kappa shape index (κ3) is 2.21. The molecule has 5 N–H and O–H groups in total. The Morgan fingerprint density at radius 3 is 2.77 bits per heavy atom. The number of rotatable bonds is 4. The first kappa shape index (κ1) is 14.8. The normalized spacial score (nSPS) is 28.8. The molecule has 1 amide bonds. The van der Waals surface area contributed by atoms with E-state index in [2.05, 4.69) is 26.2 Å². The van der Waals surface area contributed by atoms with Crippen LogP contribution in [0.25, 0.3) is 0 Å². The zero-order valence-electron chi connectivity index (χ0n) is 11.4. The molecule has 1 fully saturated rings. The molecule has 2 bridgehead atoms. The number of aromatic nitrogens is 1. The Morgan fingerprint density at radius 2 is 2.14 bits per heavy atom. The number of anilines is 2. The van der Waals surface area contributed by atoms with Crippen molar-refractivity contribution in [2.45, 2.75) is 12.5 Å². The van der Waals surface area contributed by atoms with Gasteiger partial charge in [-0.2, -0.15) is 0 Å². The number of allylic oxidation sites excluding steroid dienone is 1. The lowest BCUT2D eigenvalue weighted by Crippen LogP contribution is -2.41. The van der Waals surface area contributed by atoms with E-state index in [0.717, 1.165) is 6.42 Å². The lowest BCUT2D eigenvalue weighted by atomic mass is 9.88. The summed E-state index contributed by atoms with van der Waals surface area (Å²) in [5, 5.41) is 14.4. The Hall–Kier alpha value is -2.16. The van der Waals surface area contributed by atoms with E-state index in [1.165, 1.54) is 6.20 Å². The fourth-order valence-electron chi connectivity index (χ4n) is 3.39. The predicted octanol–water partition coefficient (Wildman–Crippen LogP) is 1.42. The van der Waals surface area contributed by atoms with Crippen LogP contribution in [0.2, 0.25) is 0 Å². The summed E-state index contributed by atoms with van der Waals surface area (Å²) >= 11 is 3.25. The Morgan fingerprint density at radius 1 is 1.45 bits per heavy atom. The average molecular weight is 368 g/mol. The first-order valence-electron chi connectivity index (χ1n) is 6.72. The van der Waals surface area contributed by atoms with Crippen molar-refractivity contribution < 1.29 is 9.72 Å². The molecule has 0 unspecified atom stereocenters. The third-order valence-corrected chi connectivity index (χ3v) is 4.92. The van der Waals surface area contributed by atoms with Crippen LogP contribution >= 0.6 is 15.9 Å². The van der Waals surface area contributed by atoms with Gasteiger partial charge in [0.15, 0.2) is 0 Å². The van der Waals surface area contributed by atoms with Gasteiger partial charge in [-0.05, 0) is 34.2 Å². The van der Waals surface area contributed by atoms with Crippen molar-refractivity contribution >= 4 is 39.0 Å². The highest BCUT2D eigenvalue weighted by atomic mass is 79.9. The number of nitrogens with two attached hydrogens (primary N) is 2. The fraction of sp³-hybridized carbons (Fsp3) is 0.385. The van der Waals surface area contributed by atoms with Crippen LogP contribution in [0.15, 0.2) is 22.8 Å². The van der Waals surface area contributed by atoms with E-state index in [-0.39, 0.29) is 35.1 Å². The minimum Gasteiger partial charge on any atom is -0.378 e. The van der Waals surface area contributed by atoms with Gasteiger partial charge in [-0.25, -0.2) is 4.98 Å². The number of nitrogens with zero attached hydrogens (tertiary/aromatic N) is 2. The lowest BCUT2D eigenvalue weighted by Gasteiger charge is -2.27. The van der Waals surface area contributed by atoms with Crippen LogP contribution in [0.1, 0.15) is 6.42 Å². The van der Waals surface area contributed by atoms with Gasteiger partial charge in [-0.3, -0.25) is 14.9 Å². The molecular formula is C13H14BrN5O3. The van der Waals surface area contributed by atoms with Gasteiger partial charge in [-0.1, -0.05) is 12.2 Å². The van der Waals surface area contributed by atoms with Crippen molar-refractivity contribution in [3.63, 3.8) is 0 Å². The lowest BCUT2D eigenvalue weighted by molar-refractivity contribution is -0.383. The summed E-state index contributed by atoms with van der Waals surface area (Å²) in [6, 6.07) is -0.288. The molecule has 22 heavy (non-hydrogen) atoms. The zero-order chi connectivity index (χ0) is 16.0. The summed E-state index contributed by atoms with van der Waals surface area (Å²) in [5.41, 5.74) is 11.0. The van der Waals surface area contributed by atoms with Crippen LogP contribution in [0.4, 0.5) is 17.2 Å². The molecule has 2 aliphatic rings. The number of amides is 1. The molecule has 3 rings (SSSR count). The smallest absolute Gasteiger partial charge is 0.335 e. The molecule has 0 saturated heterocycles. The van der Waals surface area contributed by atoms with Crippen LogP contribution in [0.3, 0.4) is 0 Å². The largest absolute Gasteiger partial charge is 0.378 e. The van der Waals surface area contributed by atoms with Crippen LogP contribution in [-0.2, 0) is 4.79 Å². The molecule has 1 aromatic rings. The highest BCUT2D eigenvalue weighted by molar-refractivity contribution is 9.10. The zero-order valence-corrected chi connectivity index (χ0v) is 13.0. The maximum absolute atomic E-state index is 11.7. The second kappa shape index (κ2) is 5.24. The van der Waals surface area contributed by atoms with Crippen molar-refractivity contribution in [3.8, 4) is 0 Å². The van der Waals surface area contributed by atoms with Crippen molar-refractivity contribution in [2.24, 2.45) is 23.5 Å². The molecule has 4 atom stereocenters. The number of fused-ring (bicyclic) bond motifs is 2. The number of nitro groups is 1. The Labute approximate surface area is 134 Å². The second-order valence-electron chi connectivity index (χ2n) is 5.52. The van der Waals surface area contributed by atoms with Gasteiger partial charge < -0.3 is 16.8 Å². The topological polar surface area (TPSA) is 137 Å². The minimum absolute atomic E-state index is 0.0806. The molecule has 1 saturated carbocycles. The summed E-state index contributed by atoms with van der Waals surface area (Å²) in [6.45, 7) is 0. The first-order valence-corrected chi connectivity index (χ1v) is 7.52. The number of pyridine rings is 1. The van der Waals surface area contributed by atoms with Crippen LogP contribution in [0.5, 0.6) is 0 Å². The summed E-state index contributed by atoms with van der Waals surface area (Å²) in [6.07, 6.45) is 6.22. The van der Waals surface area contributed by atoms with E-state index in [4.69, 9.17) is 11.5 Å². The van der Waals surface area contributed by atoms with Gasteiger partial charge in [0.2, 0.25) is 11.7 Å². The van der Waals surface area contributed by atoms with Gasteiger partial charge in [0, 0.05) is 12.2 Å². The molecule has 1 heterocycles. The summed E-state index contributed by atoms with van der Waals surface area (Å²) < 4.78 is 0.420. The summed E-state index contributed by atoms with van der Waals surface area (Å²) in [5.74, 6) is -0.781. The quantitative estimate of drug-likeness (QED) is 0.418. The Balaban J connectivity index is 2.00. The minimum atomic E-state index is -0.586. The van der Waals surface area contributed by atoms with Gasteiger partial charge in [-0.15, -0.1) is 0 Å². The molecule has 2 aliphatic carbocycles. The van der Waals surface area contributed by atoms with Crippen molar-refractivity contribution in [3.05, 3.63) is 32.9 Å². The van der Waals surface area contributed by atoms with Crippen molar-refractivity contribution in [1.82, 2.24) is 4.98 Å². The predicted molar refractivity (Wildman–Crippen MR) is 83.8 cm³/mol. The molecule has 8 nitrogen and oxygen atoms in total. The SMILES string of the molecule is NC(=O)[C@@H]1[C@H](Nc2c(Br)cnc(N)c2[N+](=O)[O-])[C@H]2C=C[C@@H]1C2. The monoisotopic (exact) mass is 367 g/mol. The number of hydrogen-bond acceptors (Lipinski definition) is 6. The maximum Gasteiger partial charge on any atom is 0.335 e. The van der Waals surface area contributed by atoms with Gasteiger partial charge in [0.1, 0.15) is 5.69 Å². The fourth-order valence-corrected chi connectivity index (χ4v) is 3.79. The molecule has 9 heteroatoms. The highest BCUT2D eigenvalue weighted by Crippen LogP contribution is 2.47.